The number of hydrogen-bond acceptors (Lipinski definition) is 3. The van der Waals surface area contributed by atoms with Gasteiger partial charge in [0.05, 0.1) is 6.54 Å². The van der Waals surface area contributed by atoms with E-state index in [-0.39, 0.29) is 12.5 Å². The zero-order valence-electron chi connectivity index (χ0n) is 11.0. The molecule has 0 aliphatic carbocycles. The van der Waals surface area contributed by atoms with Gasteiger partial charge in [0.2, 0.25) is 0 Å². The first-order valence-corrected chi connectivity index (χ1v) is 5.88. The third kappa shape index (κ3) is 4.98. The first-order valence-electron chi connectivity index (χ1n) is 5.88. The lowest BCUT2D eigenvalue weighted by Gasteiger charge is -2.14. The smallest absolute Gasteiger partial charge is 0.261 e. The van der Waals surface area contributed by atoms with Gasteiger partial charge in [-0.05, 0) is 31.7 Å². The van der Waals surface area contributed by atoms with E-state index < -0.39 is 11.9 Å². The number of benzene rings is 1. The standard InChI is InChI=1S/C14H17FN2O2/c1-4-5-17-14(18)10(2)19-13-7-11(9-16-3)6-12(15)8-13/h1,6-8,10,16H,5,9H2,2-3H3,(H,17,18). The minimum Gasteiger partial charge on any atom is -0.481 e. The van der Waals surface area contributed by atoms with Crippen molar-refractivity contribution in [3.05, 3.63) is 29.6 Å². The molecule has 0 saturated heterocycles. The van der Waals surface area contributed by atoms with Crippen molar-refractivity contribution in [1.29, 1.82) is 0 Å². The Kier molecular flexibility index (Phi) is 5.83. The highest BCUT2D eigenvalue weighted by Gasteiger charge is 2.14. The third-order valence-electron chi connectivity index (χ3n) is 2.36. The molecule has 0 aliphatic rings. The molecule has 2 N–H and O–H groups in total. The monoisotopic (exact) mass is 264 g/mol. The lowest BCUT2D eigenvalue weighted by Crippen LogP contribution is -2.36. The van der Waals surface area contributed by atoms with Crippen LogP contribution in [0.2, 0.25) is 0 Å². The van der Waals surface area contributed by atoms with E-state index in [9.17, 15) is 9.18 Å². The van der Waals surface area contributed by atoms with Gasteiger partial charge in [-0.2, -0.15) is 0 Å². The van der Waals surface area contributed by atoms with E-state index in [1.54, 1.807) is 20.0 Å². The van der Waals surface area contributed by atoms with Crippen LogP contribution in [-0.2, 0) is 11.3 Å². The fraction of sp³-hybridized carbons (Fsp3) is 0.357. The average Bonchev–Trinajstić information content (AvgIpc) is 2.35. The highest BCUT2D eigenvalue weighted by atomic mass is 19.1. The first kappa shape index (κ1) is 15.0. The van der Waals surface area contributed by atoms with Gasteiger partial charge in [-0.1, -0.05) is 5.92 Å². The van der Waals surface area contributed by atoms with Crippen LogP contribution in [0.3, 0.4) is 0 Å². The molecule has 1 atom stereocenters. The Bertz CT molecular complexity index is 483. The van der Waals surface area contributed by atoms with Crippen LogP contribution in [0.1, 0.15) is 12.5 Å². The van der Waals surface area contributed by atoms with Gasteiger partial charge in [0.1, 0.15) is 11.6 Å². The fourth-order valence-electron chi connectivity index (χ4n) is 1.53. The van der Waals surface area contributed by atoms with E-state index >= 15 is 0 Å². The van der Waals surface area contributed by atoms with Crippen LogP contribution < -0.4 is 15.4 Å². The minimum absolute atomic E-state index is 0.140. The van der Waals surface area contributed by atoms with Crippen molar-refractivity contribution in [2.24, 2.45) is 0 Å². The molecule has 0 heterocycles. The Morgan fingerprint density at radius 3 is 2.89 bits per heavy atom. The van der Waals surface area contributed by atoms with E-state index in [1.807, 2.05) is 0 Å². The second kappa shape index (κ2) is 7.39. The van der Waals surface area contributed by atoms with Crippen molar-refractivity contribution < 1.29 is 13.9 Å². The van der Waals surface area contributed by atoms with Crippen molar-refractivity contribution >= 4 is 5.91 Å². The zero-order valence-corrected chi connectivity index (χ0v) is 11.0. The van der Waals surface area contributed by atoms with Crippen LogP contribution >= 0.6 is 0 Å². The molecule has 1 aromatic carbocycles. The van der Waals surface area contributed by atoms with Crippen LogP contribution in [-0.4, -0.2) is 25.6 Å². The number of ether oxygens (including phenoxy) is 1. The van der Waals surface area contributed by atoms with Gasteiger partial charge >= 0.3 is 0 Å². The molecule has 0 spiro atoms. The summed E-state index contributed by atoms with van der Waals surface area (Å²) in [6.07, 6.45) is 4.30. The SMILES string of the molecule is C#CCNC(=O)C(C)Oc1cc(F)cc(CNC)c1. The lowest BCUT2D eigenvalue weighted by atomic mass is 10.2. The summed E-state index contributed by atoms with van der Waals surface area (Å²) in [6.45, 7) is 2.24. The van der Waals surface area contributed by atoms with E-state index in [0.29, 0.717) is 12.3 Å². The Labute approximate surface area is 112 Å². The quantitative estimate of drug-likeness (QED) is 0.755. The average molecular weight is 264 g/mol. The Morgan fingerprint density at radius 2 is 2.26 bits per heavy atom. The molecule has 1 rings (SSSR count). The Morgan fingerprint density at radius 1 is 1.53 bits per heavy atom. The molecular weight excluding hydrogens is 247 g/mol. The maximum atomic E-state index is 13.4. The van der Waals surface area contributed by atoms with Crippen LogP contribution in [0.25, 0.3) is 0 Å². The van der Waals surface area contributed by atoms with Crippen LogP contribution in [0.5, 0.6) is 5.75 Å². The normalized spacial score (nSPS) is 11.5. The Hall–Kier alpha value is -2.06. The van der Waals surface area contributed by atoms with Gasteiger partial charge in [-0.15, -0.1) is 6.42 Å². The van der Waals surface area contributed by atoms with Gasteiger partial charge in [-0.3, -0.25) is 4.79 Å². The molecule has 1 unspecified atom stereocenters. The van der Waals surface area contributed by atoms with Gasteiger partial charge in [0.25, 0.3) is 5.91 Å². The van der Waals surface area contributed by atoms with E-state index in [4.69, 9.17) is 11.2 Å². The molecule has 0 saturated carbocycles. The van der Waals surface area contributed by atoms with Gasteiger partial charge in [0.15, 0.2) is 6.10 Å². The summed E-state index contributed by atoms with van der Waals surface area (Å²) in [5.41, 5.74) is 0.744. The van der Waals surface area contributed by atoms with Gasteiger partial charge in [-0.25, -0.2) is 4.39 Å². The molecule has 4 nitrogen and oxygen atoms in total. The molecule has 1 amide bonds. The summed E-state index contributed by atoms with van der Waals surface area (Å²) in [5, 5.41) is 5.42. The predicted octanol–water partition coefficient (Wildman–Crippen LogP) is 1.06. The number of terminal acetylenes is 1. The molecule has 0 aliphatic heterocycles. The summed E-state index contributed by atoms with van der Waals surface area (Å²) in [6, 6.07) is 4.33. The van der Waals surface area contributed by atoms with Crippen molar-refractivity contribution in [2.75, 3.05) is 13.6 Å². The predicted molar refractivity (Wildman–Crippen MR) is 71.1 cm³/mol. The second-order valence-corrected chi connectivity index (χ2v) is 4.01. The number of halogens is 1. The van der Waals surface area contributed by atoms with Gasteiger partial charge < -0.3 is 15.4 Å². The van der Waals surface area contributed by atoms with Crippen molar-refractivity contribution in [3.8, 4) is 18.1 Å². The highest BCUT2D eigenvalue weighted by molar-refractivity contribution is 5.80. The van der Waals surface area contributed by atoms with Crippen LogP contribution in [0.15, 0.2) is 18.2 Å². The number of nitrogens with one attached hydrogen (secondary N) is 2. The molecule has 5 heteroatoms. The highest BCUT2D eigenvalue weighted by Crippen LogP contribution is 2.17. The van der Waals surface area contributed by atoms with Crippen molar-refractivity contribution in [1.82, 2.24) is 10.6 Å². The Balaban J connectivity index is 2.70. The van der Waals surface area contributed by atoms with Crippen LogP contribution in [0.4, 0.5) is 4.39 Å². The van der Waals surface area contributed by atoms with Gasteiger partial charge in [0, 0.05) is 12.6 Å². The topological polar surface area (TPSA) is 50.4 Å². The lowest BCUT2D eigenvalue weighted by molar-refractivity contribution is -0.127. The van der Waals surface area contributed by atoms with E-state index in [2.05, 4.69) is 16.6 Å². The maximum Gasteiger partial charge on any atom is 0.261 e. The summed E-state index contributed by atoms with van der Waals surface area (Å²) in [7, 11) is 1.77. The maximum absolute atomic E-state index is 13.4. The number of rotatable bonds is 6. The fourth-order valence-corrected chi connectivity index (χ4v) is 1.53. The summed E-state index contributed by atoms with van der Waals surface area (Å²) >= 11 is 0. The van der Waals surface area contributed by atoms with E-state index in [0.717, 1.165) is 5.56 Å². The largest absolute Gasteiger partial charge is 0.481 e. The number of amides is 1. The minimum atomic E-state index is -0.738. The number of carbonyl (C=O) groups is 1. The molecule has 0 radical (unpaired) electrons. The molecule has 102 valence electrons. The van der Waals surface area contributed by atoms with E-state index in [1.165, 1.54) is 12.1 Å². The number of carbonyl (C=O) groups excluding carboxylic acids is 1. The first-order chi connectivity index (χ1) is 9.06. The summed E-state index contributed by atoms with van der Waals surface area (Å²) in [5.74, 6) is 1.87. The second-order valence-electron chi connectivity index (χ2n) is 4.01. The third-order valence-corrected chi connectivity index (χ3v) is 2.36. The molecule has 19 heavy (non-hydrogen) atoms. The molecule has 1 aromatic rings. The summed E-state index contributed by atoms with van der Waals surface area (Å²) in [4.78, 5) is 11.6. The summed E-state index contributed by atoms with van der Waals surface area (Å²) < 4.78 is 18.8. The molecule has 0 bridgehead atoms. The molecular formula is C14H17FN2O2. The van der Waals surface area contributed by atoms with Crippen LogP contribution in [0, 0.1) is 18.2 Å². The van der Waals surface area contributed by atoms with Crippen molar-refractivity contribution in [2.45, 2.75) is 19.6 Å². The zero-order chi connectivity index (χ0) is 14.3. The molecule has 0 aromatic heterocycles. The molecule has 0 fully saturated rings. The van der Waals surface area contributed by atoms with Crippen molar-refractivity contribution in [3.63, 3.8) is 0 Å². The number of hydrogen-bond donors (Lipinski definition) is 2.